The highest BCUT2D eigenvalue weighted by Crippen LogP contribution is 2.34. The molecule has 4 nitrogen and oxygen atoms in total. The van der Waals surface area contributed by atoms with Gasteiger partial charge in [-0.1, -0.05) is 0 Å². The van der Waals surface area contributed by atoms with Crippen LogP contribution in [0, 0.1) is 6.92 Å². The molecule has 1 aliphatic heterocycles. The summed E-state index contributed by atoms with van der Waals surface area (Å²) in [5.74, 6) is 1.08. The number of aromatic nitrogens is 3. The first-order chi connectivity index (χ1) is 10.3. The van der Waals surface area contributed by atoms with Gasteiger partial charge in [0.25, 0.3) is 0 Å². The van der Waals surface area contributed by atoms with E-state index in [1.54, 1.807) is 0 Å². The summed E-state index contributed by atoms with van der Waals surface area (Å²) in [7, 11) is 0. The van der Waals surface area contributed by atoms with Crippen molar-refractivity contribution in [2.45, 2.75) is 25.8 Å². The van der Waals surface area contributed by atoms with Crippen LogP contribution in [0.25, 0.3) is 21.9 Å². The van der Waals surface area contributed by atoms with E-state index in [1.165, 1.54) is 9.75 Å². The van der Waals surface area contributed by atoms with E-state index in [1.807, 2.05) is 23.6 Å². The average Bonchev–Trinajstić information content (AvgIpc) is 3.11. The van der Waals surface area contributed by atoms with Crippen LogP contribution in [-0.4, -0.2) is 27.6 Å². The minimum atomic E-state index is 0.489. The highest BCUT2D eigenvalue weighted by atomic mass is 32.1. The second kappa shape index (κ2) is 5.24. The monoisotopic (exact) mass is 298 g/mol. The molecule has 0 radical (unpaired) electrons. The molecule has 0 aromatic carbocycles. The van der Waals surface area contributed by atoms with Gasteiger partial charge in [-0.15, -0.1) is 11.3 Å². The SMILES string of the molecule is Cc1ccc(-c2nc3cccnc3n2C2CCNCC2)s1. The van der Waals surface area contributed by atoms with Gasteiger partial charge in [0.1, 0.15) is 5.52 Å². The van der Waals surface area contributed by atoms with E-state index in [0.29, 0.717) is 6.04 Å². The lowest BCUT2D eigenvalue weighted by Crippen LogP contribution is -2.29. The fourth-order valence-corrected chi connectivity index (χ4v) is 3.92. The smallest absolute Gasteiger partial charge is 0.160 e. The number of nitrogens with zero attached hydrogens (tertiary/aromatic N) is 3. The van der Waals surface area contributed by atoms with Crippen LogP contribution in [0.1, 0.15) is 23.8 Å². The van der Waals surface area contributed by atoms with Crippen LogP contribution in [0.4, 0.5) is 0 Å². The number of hydrogen-bond acceptors (Lipinski definition) is 4. The quantitative estimate of drug-likeness (QED) is 0.788. The summed E-state index contributed by atoms with van der Waals surface area (Å²) in [6.45, 7) is 4.28. The summed E-state index contributed by atoms with van der Waals surface area (Å²) >= 11 is 1.81. The first kappa shape index (κ1) is 13.0. The third-order valence-corrected chi connectivity index (χ3v) is 5.08. The fraction of sp³-hybridized carbons (Fsp3) is 0.375. The van der Waals surface area contributed by atoms with Gasteiger partial charge in [0, 0.05) is 17.1 Å². The zero-order valence-corrected chi connectivity index (χ0v) is 12.9. The summed E-state index contributed by atoms with van der Waals surface area (Å²) < 4.78 is 2.36. The molecule has 4 heterocycles. The van der Waals surface area contributed by atoms with E-state index in [2.05, 4.69) is 40.0 Å². The largest absolute Gasteiger partial charge is 0.317 e. The maximum atomic E-state index is 4.86. The van der Waals surface area contributed by atoms with Crippen molar-refractivity contribution in [3.05, 3.63) is 35.3 Å². The van der Waals surface area contributed by atoms with Crippen molar-refractivity contribution in [3.63, 3.8) is 0 Å². The van der Waals surface area contributed by atoms with Crippen molar-refractivity contribution in [2.24, 2.45) is 0 Å². The third-order valence-electron chi connectivity index (χ3n) is 4.08. The number of imidazole rings is 1. The molecule has 3 aromatic heterocycles. The molecule has 1 fully saturated rings. The summed E-state index contributed by atoms with van der Waals surface area (Å²) in [6.07, 6.45) is 4.14. The van der Waals surface area contributed by atoms with E-state index in [9.17, 15) is 0 Å². The van der Waals surface area contributed by atoms with Crippen LogP contribution in [0.15, 0.2) is 30.5 Å². The number of pyridine rings is 1. The highest BCUT2D eigenvalue weighted by molar-refractivity contribution is 7.15. The van der Waals surface area contributed by atoms with Crippen LogP contribution in [-0.2, 0) is 0 Å². The molecule has 108 valence electrons. The van der Waals surface area contributed by atoms with Gasteiger partial charge in [-0.2, -0.15) is 0 Å². The molecule has 0 spiro atoms. The number of fused-ring (bicyclic) bond motifs is 1. The molecule has 4 rings (SSSR count). The Morgan fingerprint density at radius 1 is 1.24 bits per heavy atom. The minimum absolute atomic E-state index is 0.489. The number of rotatable bonds is 2. The molecule has 1 saturated heterocycles. The van der Waals surface area contributed by atoms with Gasteiger partial charge in [-0.3, -0.25) is 0 Å². The van der Waals surface area contributed by atoms with E-state index >= 15 is 0 Å². The van der Waals surface area contributed by atoms with Crippen molar-refractivity contribution in [2.75, 3.05) is 13.1 Å². The summed E-state index contributed by atoms with van der Waals surface area (Å²) in [5, 5.41) is 3.44. The summed E-state index contributed by atoms with van der Waals surface area (Å²) in [4.78, 5) is 12.0. The second-order valence-corrected chi connectivity index (χ2v) is 6.83. The predicted molar refractivity (Wildman–Crippen MR) is 86.7 cm³/mol. The van der Waals surface area contributed by atoms with Crippen LogP contribution in [0.5, 0.6) is 0 Å². The van der Waals surface area contributed by atoms with Gasteiger partial charge >= 0.3 is 0 Å². The fourth-order valence-electron chi connectivity index (χ4n) is 3.07. The molecule has 3 aromatic rings. The Hall–Kier alpha value is -1.72. The standard InChI is InChI=1S/C16H18N4S/c1-11-4-5-14(21-11)16-19-13-3-2-8-18-15(13)20(16)12-6-9-17-10-7-12/h2-5,8,12,17H,6-7,9-10H2,1H3. The molecular weight excluding hydrogens is 280 g/mol. The number of nitrogens with one attached hydrogen (secondary N) is 1. The van der Waals surface area contributed by atoms with Crippen molar-refractivity contribution >= 4 is 22.5 Å². The molecule has 5 heteroatoms. The molecule has 0 amide bonds. The molecule has 0 bridgehead atoms. The summed E-state index contributed by atoms with van der Waals surface area (Å²) in [5.41, 5.74) is 2.02. The van der Waals surface area contributed by atoms with Crippen molar-refractivity contribution in [1.29, 1.82) is 0 Å². The minimum Gasteiger partial charge on any atom is -0.317 e. The lowest BCUT2D eigenvalue weighted by Gasteiger charge is -2.25. The number of aryl methyl sites for hydroxylation is 1. The van der Waals surface area contributed by atoms with Crippen molar-refractivity contribution in [1.82, 2.24) is 19.9 Å². The first-order valence-corrected chi connectivity index (χ1v) is 8.25. The maximum absolute atomic E-state index is 4.86. The molecule has 1 N–H and O–H groups in total. The van der Waals surface area contributed by atoms with Gasteiger partial charge < -0.3 is 9.88 Å². The lowest BCUT2D eigenvalue weighted by atomic mass is 10.1. The van der Waals surface area contributed by atoms with Crippen LogP contribution >= 0.6 is 11.3 Å². The Morgan fingerprint density at radius 2 is 2.10 bits per heavy atom. The van der Waals surface area contributed by atoms with Gasteiger partial charge in [-0.05, 0) is 57.1 Å². The molecule has 0 unspecified atom stereocenters. The molecule has 1 aliphatic rings. The van der Waals surface area contributed by atoms with Gasteiger partial charge in [0.15, 0.2) is 11.5 Å². The van der Waals surface area contributed by atoms with E-state index < -0.39 is 0 Å². The molecular formula is C16H18N4S. The van der Waals surface area contributed by atoms with E-state index in [-0.39, 0.29) is 0 Å². The highest BCUT2D eigenvalue weighted by Gasteiger charge is 2.23. The lowest BCUT2D eigenvalue weighted by molar-refractivity contribution is 0.376. The molecule has 0 saturated carbocycles. The van der Waals surface area contributed by atoms with Gasteiger partial charge in [0.05, 0.1) is 4.88 Å². The normalized spacial score (nSPS) is 16.6. The Balaban J connectivity index is 1.92. The molecule has 0 atom stereocenters. The van der Waals surface area contributed by atoms with Gasteiger partial charge in [0.2, 0.25) is 0 Å². The maximum Gasteiger partial charge on any atom is 0.160 e. The predicted octanol–water partition coefficient (Wildman–Crippen LogP) is 3.39. The van der Waals surface area contributed by atoms with Crippen molar-refractivity contribution in [3.8, 4) is 10.7 Å². The van der Waals surface area contributed by atoms with Gasteiger partial charge in [-0.25, -0.2) is 9.97 Å². The molecule has 21 heavy (non-hydrogen) atoms. The van der Waals surface area contributed by atoms with Crippen LogP contribution in [0.2, 0.25) is 0 Å². The third kappa shape index (κ3) is 2.26. The topological polar surface area (TPSA) is 42.7 Å². The van der Waals surface area contributed by atoms with Crippen LogP contribution < -0.4 is 5.32 Å². The van der Waals surface area contributed by atoms with Crippen LogP contribution in [0.3, 0.4) is 0 Å². The zero-order chi connectivity index (χ0) is 14.2. The second-order valence-electron chi connectivity index (χ2n) is 5.54. The molecule has 0 aliphatic carbocycles. The Labute approximate surface area is 127 Å². The Bertz CT molecular complexity index is 768. The van der Waals surface area contributed by atoms with E-state index in [4.69, 9.17) is 4.98 Å². The Morgan fingerprint density at radius 3 is 2.86 bits per heavy atom. The first-order valence-electron chi connectivity index (χ1n) is 7.43. The Kier molecular flexibility index (Phi) is 3.24. The number of hydrogen-bond donors (Lipinski definition) is 1. The zero-order valence-electron chi connectivity index (χ0n) is 12.0. The number of thiophene rings is 1. The number of piperidine rings is 1. The summed E-state index contributed by atoms with van der Waals surface area (Å²) in [6, 6.07) is 8.86. The van der Waals surface area contributed by atoms with E-state index in [0.717, 1.165) is 42.9 Å². The average molecular weight is 298 g/mol. The van der Waals surface area contributed by atoms with Crippen molar-refractivity contribution < 1.29 is 0 Å².